The van der Waals surface area contributed by atoms with Crippen LogP contribution in [0.15, 0.2) is 17.1 Å². The van der Waals surface area contributed by atoms with E-state index in [4.69, 9.17) is 9.47 Å². The van der Waals surface area contributed by atoms with Crippen molar-refractivity contribution in [2.45, 2.75) is 117 Å². The van der Waals surface area contributed by atoms with Gasteiger partial charge < -0.3 is 25.0 Å². The lowest BCUT2D eigenvalue weighted by atomic mass is 9.90. The number of aromatic nitrogens is 2. The fraction of sp³-hybridized carbons (Fsp3) is 0.700. The summed E-state index contributed by atoms with van der Waals surface area (Å²) in [6.07, 6.45) is 4.59. The van der Waals surface area contributed by atoms with Crippen molar-refractivity contribution >= 4 is 40.6 Å². The van der Waals surface area contributed by atoms with Gasteiger partial charge in [-0.1, -0.05) is 34.1 Å². The molecule has 0 bridgehead atoms. The van der Waals surface area contributed by atoms with E-state index in [1.807, 2.05) is 33.1 Å². The Morgan fingerprint density at radius 2 is 1.81 bits per heavy atom. The molecule has 0 saturated heterocycles. The number of alkyl carbamates (subject to hydrolysis) is 1. The number of urea groups is 1. The molecule has 0 aliphatic rings. The van der Waals surface area contributed by atoms with Gasteiger partial charge in [-0.05, 0) is 46.0 Å². The normalized spacial score (nSPS) is 13.8. The predicted octanol–water partition coefficient (Wildman–Crippen LogP) is 6.52. The van der Waals surface area contributed by atoms with Crippen molar-refractivity contribution in [1.82, 2.24) is 25.5 Å². The molecule has 0 fully saturated rings. The van der Waals surface area contributed by atoms with Gasteiger partial charge in [-0.2, -0.15) is 0 Å². The van der Waals surface area contributed by atoms with Crippen LogP contribution in [0, 0.1) is 5.92 Å². The first-order valence-electron chi connectivity index (χ1n) is 14.7. The van der Waals surface area contributed by atoms with Gasteiger partial charge in [0.15, 0.2) is 5.78 Å². The Hall–Kier alpha value is -2.57. The third-order valence-corrected chi connectivity index (χ3v) is 8.76. The summed E-state index contributed by atoms with van der Waals surface area (Å²) in [6, 6.07) is -1.17. The zero-order valence-electron chi connectivity index (χ0n) is 26.4. The van der Waals surface area contributed by atoms with E-state index in [0.29, 0.717) is 18.9 Å². The predicted molar refractivity (Wildman–Crippen MR) is 168 cm³/mol. The monoisotopic (exact) mass is 623 g/mol. The highest BCUT2D eigenvalue weighted by Gasteiger charge is 2.27. The minimum absolute atomic E-state index is 0.0570. The van der Waals surface area contributed by atoms with E-state index in [1.54, 1.807) is 35.0 Å². The molecule has 0 aliphatic carbocycles. The molecule has 3 atom stereocenters. The van der Waals surface area contributed by atoms with Crippen LogP contribution in [0.2, 0.25) is 0 Å². The summed E-state index contributed by atoms with van der Waals surface area (Å²) in [7, 11) is 1.70. The molecule has 0 aromatic carbocycles. The number of ether oxygens (including phenoxy) is 2. The summed E-state index contributed by atoms with van der Waals surface area (Å²) >= 11 is 3.03. The summed E-state index contributed by atoms with van der Waals surface area (Å²) in [4.78, 5) is 49.9. The van der Waals surface area contributed by atoms with E-state index in [2.05, 4.69) is 41.4 Å². The van der Waals surface area contributed by atoms with Gasteiger partial charge in [0.2, 0.25) is 0 Å². The topological polar surface area (TPSA) is 123 Å². The van der Waals surface area contributed by atoms with Crippen molar-refractivity contribution < 1.29 is 23.9 Å². The number of thiazole rings is 2. The van der Waals surface area contributed by atoms with E-state index in [-0.39, 0.29) is 37.0 Å². The number of nitrogens with one attached hydrogen (secondary N) is 2. The van der Waals surface area contributed by atoms with Gasteiger partial charge in [0.1, 0.15) is 12.6 Å². The Balaban J connectivity index is 1.94. The van der Waals surface area contributed by atoms with E-state index in [0.717, 1.165) is 41.3 Å². The van der Waals surface area contributed by atoms with E-state index in [9.17, 15) is 14.4 Å². The molecule has 2 rings (SSSR count). The highest BCUT2D eigenvalue weighted by molar-refractivity contribution is 7.09. The first kappa shape index (κ1) is 35.6. The van der Waals surface area contributed by atoms with Gasteiger partial charge in [0.25, 0.3) is 0 Å². The fourth-order valence-electron chi connectivity index (χ4n) is 4.13. The molecule has 2 aromatic heterocycles. The summed E-state index contributed by atoms with van der Waals surface area (Å²) in [5.74, 6) is 0.378. The molecule has 12 heteroatoms. The van der Waals surface area contributed by atoms with Crippen LogP contribution in [0.25, 0.3) is 0 Å². The summed E-state index contributed by atoms with van der Waals surface area (Å²) < 4.78 is 11.2. The highest BCUT2D eigenvalue weighted by Crippen LogP contribution is 2.21. The number of hydrogen-bond acceptors (Lipinski definition) is 9. The van der Waals surface area contributed by atoms with Gasteiger partial charge in [-0.3, -0.25) is 9.78 Å². The van der Waals surface area contributed by atoms with Gasteiger partial charge >= 0.3 is 12.1 Å². The molecular formula is C30H49N5O5S2. The van der Waals surface area contributed by atoms with E-state index in [1.165, 1.54) is 11.3 Å². The van der Waals surface area contributed by atoms with E-state index >= 15 is 0 Å². The van der Waals surface area contributed by atoms with Crippen molar-refractivity contribution in [2.75, 3.05) is 13.7 Å². The van der Waals surface area contributed by atoms with Crippen LogP contribution in [0.1, 0.15) is 102 Å². The zero-order valence-corrected chi connectivity index (χ0v) is 28.0. The zero-order chi connectivity index (χ0) is 31.3. The molecule has 3 amide bonds. The van der Waals surface area contributed by atoms with Crippen LogP contribution in [-0.4, -0.2) is 64.1 Å². The number of carbonyl (C=O) groups is 3. The lowest BCUT2D eigenvalue weighted by Crippen LogP contribution is -2.50. The summed E-state index contributed by atoms with van der Waals surface area (Å²) in [6.45, 7) is 14.7. The number of amides is 3. The highest BCUT2D eigenvalue weighted by atomic mass is 32.1. The number of carbonyl (C=O) groups excluding carboxylic acids is 3. The van der Waals surface area contributed by atoms with E-state index < -0.39 is 17.7 Å². The number of ketones is 1. The minimum atomic E-state index is -0.767. The van der Waals surface area contributed by atoms with Crippen molar-refractivity contribution in [1.29, 1.82) is 0 Å². The standard InChI is InChI=1S/C30H49N5O5S2/c1-9-21(11-12-22(10-2)33-29(38)39-16-24-14-31-19-42-24)13-26(36)25(17-40-30(5,6)7)34-28(37)35(8)15-23-18-41-27(32-23)20(3)4/h14,18-22,25H,9-13,15-17H2,1-8H3,(H,33,38)(H,34,37). The quantitative estimate of drug-likeness (QED) is 0.206. The summed E-state index contributed by atoms with van der Waals surface area (Å²) in [5, 5.41) is 8.85. The Morgan fingerprint density at radius 1 is 1.07 bits per heavy atom. The number of hydrogen-bond donors (Lipinski definition) is 2. The second-order valence-corrected chi connectivity index (χ2v) is 13.8. The SMILES string of the molecule is CCC(CCC(CC)NC(=O)OCc1cncs1)CC(=O)C(COC(C)(C)C)NC(=O)N(C)Cc1csc(C(C)C)n1. The first-order chi connectivity index (χ1) is 19.8. The van der Waals surface area contributed by atoms with Crippen molar-refractivity contribution in [3.8, 4) is 0 Å². The Kier molecular flexibility index (Phi) is 14.9. The molecule has 2 aromatic rings. The second-order valence-electron chi connectivity index (χ2n) is 11.9. The third-order valence-electron chi connectivity index (χ3n) is 6.81. The van der Waals surface area contributed by atoms with Crippen LogP contribution in [0.4, 0.5) is 9.59 Å². The summed E-state index contributed by atoms with van der Waals surface area (Å²) in [5.41, 5.74) is 2.07. The Bertz CT molecular complexity index is 1100. The van der Waals surface area contributed by atoms with Crippen LogP contribution >= 0.6 is 22.7 Å². The second kappa shape index (κ2) is 17.5. The Morgan fingerprint density at radius 3 is 2.38 bits per heavy atom. The first-order valence-corrected chi connectivity index (χ1v) is 16.5. The van der Waals surface area contributed by atoms with Crippen LogP contribution in [0.5, 0.6) is 0 Å². The molecule has 0 radical (unpaired) electrons. The van der Waals surface area contributed by atoms with Crippen LogP contribution in [-0.2, 0) is 27.4 Å². The van der Waals surface area contributed by atoms with Crippen LogP contribution < -0.4 is 10.6 Å². The third kappa shape index (κ3) is 13.2. The molecule has 42 heavy (non-hydrogen) atoms. The minimum Gasteiger partial charge on any atom is -0.444 e. The van der Waals surface area contributed by atoms with Gasteiger partial charge in [0, 0.05) is 37.0 Å². The molecule has 2 heterocycles. The number of rotatable bonds is 17. The van der Waals surface area contributed by atoms with Gasteiger partial charge in [-0.25, -0.2) is 14.6 Å². The molecular weight excluding hydrogens is 574 g/mol. The molecule has 0 saturated carbocycles. The maximum atomic E-state index is 13.5. The van der Waals surface area contributed by atoms with Crippen molar-refractivity contribution in [2.24, 2.45) is 5.92 Å². The smallest absolute Gasteiger partial charge is 0.407 e. The van der Waals surface area contributed by atoms with Crippen LogP contribution in [0.3, 0.4) is 0 Å². The maximum Gasteiger partial charge on any atom is 0.407 e. The molecule has 0 spiro atoms. The van der Waals surface area contributed by atoms with Gasteiger partial charge in [0.05, 0.1) is 39.8 Å². The fourth-order valence-corrected chi connectivity index (χ4v) is 5.47. The molecule has 3 unspecified atom stereocenters. The maximum absolute atomic E-state index is 13.5. The molecule has 2 N–H and O–H groups in total. The largest absolute Gasteiger partial charge is 0.444 e. The average molecular weight is 624 g/mol. The molecule has 0 aliphatic heterocycles. The van der Waals surface area contributed by atoms with Gasteiger partial charge in [-0.15, -0.1) is 22.7 Å². The number of Topliss-reactive ketones (excluding diaryl/α,β-unsaturated/α-hetero) is 1. The lowest BCUT2D eigenvalue weighted by Gasteiger charge is -2.27. The van der Waals surface area contributed by atoms with Crippen molar-refractivity contribution in [3.05, 3.63) is 32.7 Å². The molecule has 236 valence electrons. The molecule has 10 nitrogen and oxygen atoms in total. The van der Waals surface area contributed by atoms with Crippen molar-refractivity contribution in [3.63, 3.8) is 0 Å². The number of nitrogens with zero attached hydrogens (tertiary/aromatic N) is 3. The Labute approximate surface area is 259 Å². The lowest BCUT2D eigenvalue weighted by molar-refractivity contribution is -0.125. The average Bonchev–Trinajstić information content (AvgIpc) is 3.63.